The average Bonchev–Trinajstić information content (AvgIpc) is 2.63. The number of para-hydroxylation sites is 1. The van der Waals surface area contributed by atoms with Crippen LogP contribution in [0.2, 0.25) is 0 Å². The van der Waals surface area contributed by atoms with Crippen molar-refractivity contribution < 1.29 is 14.5 Å². The Balaban J connectivity index is 2.51. The highest BCUT2D eigenvalue weighted by molar-refractivity contribution is 5.94. The van der Waals surface area contributed by atoms with E-state index in [9.17, 15) is 14.9 Å². The molecule has 16 heavy (non-hydrogen) atoms. The van der Waals surface area contributed by atoms with E-state index in [-0.39, 0.29) is 23.7 Å². The van der Waals surface area contributed by atoms with E-state index in [0.717, 1.165) is 0 Å². The number of hydrogen-bond acceptors (Lipinski definition) is 5. The average molecular weight is 223 g/mol. The Morgan fingerprint density at radius 1 is 1.50 bits per heavy atom. The van der Waals surface area contributed by atoms with Gasteiger partial charge in [-0.2, -0.15) is 0 Å². The van der Waals surface area contributed by atoms with E-state index in [1.54, 1.807) is 6.07 Å². The van der Waals surface area contributed by atoms with E-state index in [1.165, 1.54) is 17.0 Å². The van der Waals surface area contributed by atoms with Gasteiger partial charge in [-0.25, -0.2) is 4.79 Å². The fraction of sp³-hybridized carbons (Fsp3) is 0.222. The van der Waals surface area contributed by atoms with Crippen molar-refractivity contribution in [2.24, 2.45) is 0 Å². The number of cyclic esters (lactones) is 1. The highest BCUT2D eigenvalue weighted by atomic mass is 16.6. The van der Waals surface area contributed by atoms with E-state index in [1.807, 2.05) is 0 Å². The molecule has 0 spiro atoms. The number of nitro groups is 1. The van der Waals surface area contributed by atoms with Crippen LogP contribution in [0.5, 0.6) is 0 Å². The largest absolute Gasteiger partial charge is 0.447 e. The number of carbonyl (C=O) groups is 1. The van der Waals surface area contributed by atoms with Gasteiger partial charge in [0.25, 0.3) is 0 Å². The van der Waals surface area contributed by atoms with Crippen LogP contribution in [0.15, 0.2) is 18.2 Å². The molecule has 0 radical (unpaired) electrons. The summed E-state index contributed by atoms with van der Waals surface area (Å²) in [6.07, 6.45) is -0.589. The number of ether oxygens (including phenoxy) is 1. The molecular weight excluding hydrogens is 214 g/mol. The van der Waals surface area contributed by atoms with Gasteiger partial charge in [0.05, 0.1) is 11.5 Å². The maximum absolute atomic E-state index is 11.3. The Hall–Kier alpha value is -2.31. The molecular formula is C9H9N3O4. The SMILES string of the molecule is Nc1cccc(N2CCOC2=O)c1[N+](=O)[O-]. The third-order valence-electron chi connectivity index (χ3n) is 2.28. The lowest BCUT2D eigenvalue weighted by Gasteiger charge is -2.13. The van der Waals surface area contributed by atoms with E-state index >= 15 is 0 Å². The van der Waals surface area contributed by atoms with Gasteiger partial charge in [-0.1, -0.05) is 6.07 Å². The summed E-state index contributed by atoms with van der Waals surface area (Å²) in [5.41, 5.74) is 5.46. The summed E-state index contributed by atoms with van der Waals surface area (Å²) in [6.45, 7) is 0.522. The van der Waals surface area contributed by atoms with Crippen molar-refractivity contribution in [3.8, 4) is 0 Å². The minimum absolute atomic E-state index is 0.0298. The topological polar surface area (TPSA) is 98.7 Å². The van der Waals surface area contributed by atoms with Crippen LogP contribution in [0.25, 0.3) is 0 Å². The number of amides is 1. The second-order valence-corrected chi connectivity index (χ2v) is 3.24. The predicted octanol–water partition coefficient (Wildman–Crippen LogP) is 1.13. The van der Waals surface area contributed by atoms with Gasteiger partial charge in [0.1, 0.15) is 18.0 Å². The standard InChI is InChI=1S/C9H9N3O4/c10-6-2-1-3-7(8(6)12(14)15)11-4-5-16-9(11)13/h1-3H,4-5,10H2. The Morgan fingerprint density at radius 3 is 2.81 bits per heavy atom. The van der Waals surface area contributed by atoms with Crippen LogP contribution in [0.4, 0.5) is 21.9 Å². The first-order chi connectivity index (χ1) is 7.61. The lowest BCUT2D eigenvalue weighted by Crippen LogP contribution is -2.24. The first-order valence-corrected chi connectivity index (χ1v) is 4.58. The molecule has 84 valence electrons. The van der Waals surface area contributed by atoms with Crippen LogP contribution >= 0.6 is 0 Å². The Labute approximate surface area is 90.5 Å². The maximum atomic E-state index is 11.3. The highest BCUT2D eigenvalue weighted by Gasteiger charge is 2.30. The molecule has 1 saturated heterocycles. The Bertz CT molecular complexity index is 460. The van der Waals surface area contributed by atoms with Crippen molar-refractivity contribution in [3.05, 3.63) is 28.3 Å². The molecule has 0 bridgehead atoms. The second-order valence-electron chi connectivity index (χ2n) is 3.24. The maximum Gasteiger partial charge on any atom is 0.414 e. The Kier molecular flexibility index (Phi) is 2.35. The molecule has 1 heterocycles. The number of hydrogen-bond donors (Lipinski definition) is 1. The van der Waals surface area contributed by atoms with Gasteiger partial charge in [-0.05, 0) is 12.1 Å². The van der Waals surface area contributed by atoms with Crippen LogP contribution in [-0.4, -0.2) is 24.2 Å². The van der Waals surface area contributed by atoms with E-state index in [4.69, 9.17) is 10.5 Å². The molecule has 0 saturated carbocycles. The van der Waals surface area contributed by atoms with Gasteiger partial charge in [0.2, 0.25) is 0 Å². The molecule has 0 unspecified atom stereocenters. The van der Waals surface area contributed by atoms with Crippen LogP contribution in [-0.2, 0) is 4.74 Å². The minimum atomic E-state index is -0.601. The van der Waals surface area contributed by atoms with Crippen LogP contribution < -0.4 is 10.6 Å². The molecule has 2 rings (SSSR count). The first-order valence-electron chi connectivity index (χ1n) is 4.58. The van der Waals surface area contributed by atoms with Crippen molar-refractivity contribution >= 4 is 23.2 Å². The van der Waals surface area contributed by atoms with Gasteiger partial charge in [0, 0.05) is 0 Å². The number of nitrogens with two attached hydrogens (primary N) is 1. The summed E-state index contributed by atoms with van der Waals surface area (Å²) in [4.78, 5) is 22.8. The number of rotatable bonds is 2. The number of nitrogen functional groups attached to an aromatic ring is 1. The van der Waals surface area contributed by atoms with Gasteiger partial charge in [-0.15, -0.1) is 0 Å². The summed E-state index contributed by atoms with van der Waals surface area (Å²) in [5.74, 6) is 0. The third kappa shape index (κ3) is 1.52. The molecule has 1 amide bonds. The van der Waals surface area contributed by atoms with E-state index < -0.39 is 11.0 Å². The fourth-order valence-electron chi connectivity index (χ4n) is 1.58. The van der Waals surface area contributed by atoms with Crippen LogP contribution in [0, 0.1) is 10.1 Å². The molecule has 1 aliphatic heterocycles. The molecule has 0 aliphatic carbocycles. The van der Waals surface area contributed by atoms with Crippen molar-refractivity contribution in [1.29, 1.82) is 0 Å². The summed E-state index contributed by atoms with van der Waals surface area (Å²) in [6, 6.07) is 4.45. The molecule has 1 aliphatic rings. The third-order valence-corrected chi connectivity index (χ3v) is 2.28. The molecule has 1 aromatic rings. The van der Waals surface area contributed by atoms with E-state index in [0.29, 0.717) is 6.54 Å². The fourth-order valence-corrected chi connectivity index (χ4v) is 1.58. The molecule has 2 N–H and O–H groups in total. The predicted molar refractivity (Wildman–Crippen MR) is 56.2 cm³/mol. The molecule has 1 fully saturated rings. The molecule has 0 aromatic heterocycles. The molecule has 0 atom stereocenters. The zero-order chi connectivity index (χ0) is 11.7. The van der Waals surface area contributed by atoms with Crippen molar-refractivity contribution in [2.45, 2.75) is 0 Å². The van der Waals surface area contributed by atoms with Crippen molar-refractivity contribution in [3.63, 3.8) is 0 Å². The van der Waals surface area contributed by atoms with E-state index in [2.05, 4.69) is 0 Å². The number of benzene rings is 1. The first kappa shape index (κ1) is 10.2. The highest BCUT2D eigenvalue weighted by Crippen LogP contribution is 2.34. The normalized spacial score (nSPS) is 15.0. The second kappa shape index (κ2) is 3.69. The summed E-state index contributed by atoms with van der Waals surface area (Å²) >= 11 is 0. The summed E-state index contributed by atoms with van der Waals surface area (Å²) in [5, 5.41) is 10.9. The van der Waals surface area contributed by atoms with Gasteiger partial charge in [0.15, 0.2) is 0 Å². The number of carbonyl (C=O) groups excluding carboxylic acids is 1. The monoisotopic (exact) mass is 223 g/mol. The van der Waals surface area contributed by atoms with Crippen LogP contribution in [0.1, 0.15) is 0 Å². The Morgan fingerprint density at radius 2 is 2.25 bits per heavy atom. The smallest absolute Gasteiger partial charge is 0.414 e. The number of anilines is 2. The van der Waals surface area contributed by atoms with Crippen molar-refractivity contribution in [2.75, 3.05) is 23.8 Å². The lowest BCUT2D eigenvalue weighted by atomic mass is 10.2. The molecule has 7 nitrogen and oxygen atoms in total. The molecule has 7 heteroatoms. The number of nitro benzene ring substituents is 1. The van der Waals surface area contributed by atoms with Crippen LogP contribution in [0.3, 0.4) is 0 Å². The quantitative estimate of drug-likeness (QED) is 0.460. The lowest BCUT2D eigenvalue weighted by molar-refractivity contribution is -0.383. The molecule has 1 aromatic carbocycles. The zero-order valence-corrected chi connectivity index (χ0v) is 8.25. The zero-order valence-electron chi connectivity index (χ0n) is 8.25. The van der Waals surface area contributed by atoms with Gasteiger partial charge in [-0.3, -0.25) is 15.0 Å². The summed E-state index contributed by atoms with van der Waals surface area (Å²) in [7, 11) is 0. The van der Waals surface area contributed by atoms with Crippen molar-refractivity contribution in [1.82, 2.24) is 0 Å². The van der Waals surface area contributed by atoms with Gasteiger partial charge < -0.3 is 10.5 Å². The number of nitrogens with zero attached hydrogens (tertiary/aromatic N) is 2. The summed E-state index contributed by atoms with van der Waals surface area (Å²) < 4.78 is 4.72. The minimum Gasteiger partial charge on any atom is -0.447 e. The van der Waals surface area contributed by atoms with Gasteiger partial charge >= 0.3 is 11.8 Å².